The summed E-state index contributed by atoms with van der Waals surface area (Å²) in [7, 11) is 0. The fourth-order valence-electron chi connectivity index (χ4n) is 3.74. The van der Waals surface area contributed by atoms with Crippen LogP contribution in [0.3, 0.4) is 0 Å². The first-order valence-electron chi connectivity index (χ1n) is 9.64. The molecule has 3 atom stereocenters. The first kappa shape index (κ1) is 20.7. The number of hydrogen-bond acceptors (Lipinski definition) is 6. The van der Waals surface area contributed by atoms with Crippen LogP contribution in [0, 0.1) is 11.8 Å². The average molecular weight is 410 g/mol. The van der Waals surface area contributed by atoms with Crippen LogP contribution in [-0.2, 0) is 19.1 Å². The van der Waals surface area contributed by atoms with Gasteiger partial charge in [0.25, 0.3) is 5.91 Å². The molecule has 3 amide bonds. The number of morpholine rings is 1. The summed E-state index contributed by atoms with van der Waals surface area (Å²) >= 11 is 5.15. The summed E-state index contributed by atoms with van der Waals surface area (Å²) in [6.45, 7) is 6.27. The summed E-state index contributed by atoms with van der Waals surface area (Å²) in [6, 6.07) is -0.894. The minimum Gasteiger partial charge on any atom is -0.379 e. The Kier molecular flexibility index (Phi) is 6.97. The summed E-state index contributed by atoms with van der Waals surface area (Å²) in [5, 5.41) is 3.30. The average Bonchev–Trinajstić information content (AvgIpc) is 2.97. The van der Waals surface area contributed by atoms with Crippen molar-refractivity contribution in [2.24, 2.45) is 11.8 Å². The van der Waals surface area contributed by atoms with Gasteiger partial charge in [-0.15, -0.1) is 0 Å². The molecule has 3 rings (SSSR count). The second-order valence-corrected chi connectivity index (χ2v) is 7.61. The fourth-order valence-corrected chi connectivity index (χ4v) is 3.90. The Balaban J connectivity index is 1.41. The Morgan fingerprint density at radius 2 is 1.79 bits per heavy atom. The van der Waals surface area contributed by atoms with Gasteiger partial charge in [-0.05, 0) is 32.0 Å². The van der Waals surface area contributed by atoms with E-state index >= 15 is 0 Å². The summed E-state index contributed by atoms with van der Waals surface area (Å²) in [6.07, 6.45) is 4.94. The molecule has 2 aliphatic heterocycles. The Morgan fingerprint density at radius 3 is 2.39 bits per heavy atom. The predicted octanol–water partition coefficient (Wildman–Crippen LogP) is -0.846. The third kappa shape index (κ3) is 4.68. The van der Waals surface area contributed by atoms with Gasteiger partial charge in [-0.2, -0.15) is 0 Å². The lowest BCUT2D eigenvalue weighted by Crippen LogP contribution is -2.55. The van der Waals surface area contributed by atoms with Gasteiger partial charge in [0.05, 0.1) is 25.0 Å². The maximum atomic E-state index is 12.5. The van der Waals surface area contributed by atoms with Crippen molar-refractivity contribution in [3.8, 4) is 0 Å². The highest BCUT2D eigenvalue weighted by Crippen LogP contribution is 2.35. The Bertz CT molecular complexity index is 638. The smallest absolute Gasteiger partial charge is 0.261 e. The molecule has 10 heteroatoms. The monoisotopic (exact) mass is 409 g/mol. The zero-order valence-corrected chi connectivity index (χ0v) is 16.8. The van der Waals surface area contributed by atoms with E-state index in [1.165, 1.54) is 0 Å². The summed E-state index contributed by atoms with van der Waals surface area (Å²) in [4.78, 5) is 40.9. The van der Waals surface area contributed by atoms with Gasteiger partial charge in [0, 0.05) is 26.2 Å². The number of ether oxygens (including phenoxy) is 1. The van der Waals surface area contributed by atoms with Crippen LogP contribution in [0.25, 0.3) is 0 Å². The number of amides is 3. The third-order valence-corrected chi connectivity index (χ3v) is 5.67. The first-order valence-corrected chi connectivity index (χ1v) is 10.1. The molecule has 154 valence electrons. The zero-order chi connectivity index (χ0) is 20.1. The third-order valence-electron chi connectivity index (χ3n) is 5.42. The zero-order valence-electron chi connectivity index (χ0n) is 16.0. The maximum absolute atomic E-state index is 12.5. The summed E-state index contributed by atoms with van der Waals surface area (Å²) in [5.41, 5.74) is 5.11. The molecule has 3 N–H and O–H groups in total. The molecule has 3 aliphatic rings. The largest absolute Gasteiger partial charge is 0.379 e. The van der Waals surface area contributed by atoms with E-state index in [9.17, 15) is 14.4 Å². The first-order chi connectivity index (χ1) is 13.5. The van der Waals surface area contributed by atoms with E-state index in [1.54, 1.807) is 6.92 Å². The van der Waals surface area contributed by atoms with Gasteiger partial charge in [-0.25, -0.2) is 0 Å². The van der Waals surface area contributed by atoms with Crippen LogP contribution in [0.15, 0.2) is 12.2 Å². The van der Waals surface area contributed by atoms with E-state index in [0.717, 1.165) is 37.7 Å². The number of hydrogen-bond donors (Lipinski definition) is 3. The maximum Gasteiger partial charge on any atom is 0.261 e. The fraction of sp³-hybridized carbons (Fsp3) is 0.667. The molecule has 0 aromatic heterocycles. The molecule has 0 aromatic rings. The van der Waals surface area contributed by atoms with Gasteiger partial charge in [0.15, 0.2) is 5.11 Å². The van der Waals surface area contributed by atoms with Crippen LogP contribution in [0.2, 0.25) is 0 Å². The second kappa shape index (κ2) is 9.44. The number of rotatable bonds is 5. The highest BCUT2D eigenvalue weighted by Gasteiger charge is 2.50. The normalized spacial score (nSPS) is 26.0. The van der Waals surface area contributed by atoms with Gasteiger partial charge < -0.3 is 10.1 Å². The molecule has 0 spiro atoms. The molecular weight excluding hydrogens is 382 g/mol. The van der Waals surface area contributed by atoms with Gasteiger partial charge in [-0.1, -0.05) is 12.2 Å². The molecule has 3 unspecified atom stereocenters. The van der Waals surface area contributed by atoms with Crippen molar-refractivity contribution in [1.82, 2.24) is 26.0 Å². The van der Waals surface area contributed by atoms with Crippen LogP contribution in [0.4, 0.5) is 0 Å². The molecule has 0 bridgehead atoms. The molecule has 0 radical (unpaired) electrons. The lowest BCUT2D eigenvalue weighted by Gasteiger charge is -2.26. The molecule has 0 saturated carbocycles. The number of likely N-dealkylation sites (tertiary alicyclic amines) is 1. The Labute approximate surface area is 169 Å². The number of nitrogens with one attached hydrogen (secondary N) is 3. The number of imide groups is 1. The van der Waals surface area contributed by atoms with Crippen molar-refractivity contribution in [1.29, 1.82) is 0 Å². The van der Waals surface area contributed by atoms with Crippen molar-refractivity contribution >= 4 is 35.1 Å². The van der Waals surface area contributed by atoms with E-state index in [4.69, 9.17) is 17.0 Å². The minimum absolute atomic E-state index is 0.270. The van der Waals surface area contributed by atoms with Gasteiger partial charge in [0.2, 0.25) is 11.8 Å². The van der Waals surface area contributed by atoms with Gasteiger partial charge >= 0.3 is 0 Å². The van der Waals surface area contributed by atoms with E-state index in [2.05, 4.69) is 21.1 Å². The Morgan fingerprint density at radius 1 is 1.18 bits per heavy atom. The number of carbonyl (C=O) groups is 3. The van der Waals surface area contributed by atoms with E-state index < -0.39 is 11.9 Å². The number of allylic oxidation sites excluding steroid dienone is 2. The SMILES string of the molecule is CC(C(=O)NNC(=S)NCCN1CCOCC1)N1C(=O)C2CC=CCC2C1=O. The van der Waals surface area contributed by atoms with Gasteiger partial charge in [-0.3, -0.25) is 35.0 Å². The van der Waals surface area contributed by atoms with Crippen molar-refractivity contribution < 1.29 is 19.1 Å². The van der Waals surface area contributed by atoms with Crippen molar-refractivity contribution in [2.75, 3.05) is 39.4 Å². The molecule has 2 saturated heterocycles. The number of fused-ring (bicyclic) bond motifs is 1. The highest BCUT2D eigenvalue weighted by molar-refractivity contribution is 7.80. The van der Waals surface area contributed by atoms with Crippen LogP contribution in [-0.4, -0.2) is 78.1 Å². The standard InChI is InChI=1S/C18H27N5O4S/c1-12(23-16(25)13-4-2-3-5-14(13)17(23)26)15(24)20-21-18(28)19-6-7-22-8-10-27-11-9-22/h2-3,12-14H,4-11H2,1H3,(H,20,24)(H2,19,21,28). The molecule has 0 aromatic carbocycles. The van der Waals surface area contributed by atoms with Gasteiger partial charge in [0.1, 0.15) is 6.04 Å². The number of carbonyl (C=O) groups excluding carboxylic acids is 3. The summed E-state index contributed by atoms with van der Waals surface area (Å²) in [5.74, 6) is -1.71. The predicted molar refractivity (Wildman–Crippen MR) is 106 cm³/mol. The van der Waals surface area contributed by atoms with E-state index in [1.807, 2.05) is 12.2 Å². The second-order valence-electron chi connectivity index (χ2n) is 7.20. The molecule has 1 aliphatic carbocycles. The van der Waals surface area contributed by atoms with Crippen molar-refractivity contribution in [3.05, 3.63) is 12.2 Å². The van der Waals surface area contributed by atoms with Crippen LogP contribution in [0.1, 0.15) is 19.8 Å². The van der Waals surface area contributed by atoms with Crippen LogP contribution in [0.5, 0.6) is 0 Å². The molecule has 2 heterocycles. The minimum atomic E-state index is -0.894. The van der Waals surface area contributed by atoms with E-state index in [0.29, 0.717) is 19.4 Å². The highest BCUT2D eigenvalue weighted by atomic mass is 32.1. The molecule has 9 nitrogen and oxygen atoms in total. The van der Waals surface area contributed by atoms with Crippen molar-refractivity contribution in [2.45, 2.75) is 25.8 Å². The topological polar surface area (TPSA) is 103 Å². The van der Waals surface area contributed by atoms with Crippen LogP contribution < -0.4 is 16.2 Å². The van der Waals surface area contributed by atoms with Crippen LogP contribution >= 0.6 is 12.2 Å². The number of nitrogens with zero attached hydrogens (tertiary/aromatic N) is 2. The van der Waals surface area contributed by atoms with E-state index in [-0.39, 0.29) is 28.8 Å². The summed E-state index contributed by atoms with van der Waals surface area (Å²) < 4.78 is 5.30. The molecule has 2 fully saturated rings. The quantitative estimate of drug-likeness (QED) is 0.234. The number of hydrazine groups is 1. The molecular formula is C18H27N5O4S. The lowest BCUT2D eigenvalue weighted by atomic mass is 9.85. The lowest BCUT2D eigenvalue weighted by molar-refractivity contribution is -0.147. The number of thiocarbonyl (C=S) groups is 1. The Hall–Kier alpha value is -2.04. The molecule has 28 heavy (non-hydrogen) atoms. The van der Waals surface area contributed by atoms with Crippen molar-refractivity contribution in [3.63, 3.8) is 0 Å².